The van der Waals surface area contributed by atoms with Crippen LogP contribution in [-0.4, -0.2) is 36.8 Å². The molecule has 0 aliphatic rings. The normalized spacial score (nSPS) is 14.6. The van der Waals surface area contributed by atoms with Crippen molar-refractivity contribution in [2.45, 2.75) is 39.4 Å². The van der Waals surface area contributed by atoms with Gasteiger partial charge in [-0.05, 0) is 52.0 Å². The van der Waals surface area contributed by atoms with Gasteiger partial charge in [0.15, 0.2) is 5.96 Å². The minimum Gasteiger partial charge on any atom is -0.489 e. The summed E-state index contributed by atoms with van der Waals surface area (Å²) in [6.07, 6.45) is 1.51. The van der Waals surface area contributed by atoms with Crippen LogP contribution in [0.2, 0.25) is 0 Å². The molecule has 1 aromatic heterocycles. The standard InChI is InChI=1S/C20H29N3O3.HI/c1-5-21-19(23-14-20(4,24)18-7-6-12-25-18)22-13-16(3)26-17-10-8-15(2)9-11-17;/h6-12,16,24H,5,13-14H2,1-4H3,(H2,21,22,23);1H. The lowest BCUT2D eigenvalue weighted by Crippen LogP contribution is -2.42. The summed E-state index contributed by atoms with van der Waals surface area (Å²) in [5.41, 5.74) is 0.0453. The van der Waals surface area contributed by atoms with Crippen LogP contribution in [0.3, 0.4) is 0 Å². The van der Waals surface area contributed by atoms with Gasteiger partial charge in [-0.15, -0.1) is 24.0 Å². The third-order valence-corrected chi connectivity index (χ3v) is 3.86. The van der Waals surface area contributed by atoms with Crippen molar-refractivity contribution in [3.8, 4) is 5.75 Å². The van der Waals surface area contributed by atoms with Crippen molar-refractivity contribution in [1.29, 1.82) is 0 Å². The summed E-state index contributed by atoms with van der Waals surface area (Å²) in [4.78, 5) is 4.46. The molecule has 0 radical (unpaired) electrons. The summed E-state index contributed by atoms with van der Waals surface area (Å²) in [7, 11) is 0. The van der Waals surface area contributed by atoms with Crippen molar-refractivity contribution < 1.29 is 14.3 Å². The minimum absolute atomic E-state index is 0. The van der Waals surface area contributed by atoms with Gasteiger partial charge >= 0.3 is 0 Å². The van der Waals surface area contributed by atoms with Crippen molar-refractivity contribution in [1.82, 2.24) is 10.6 Å². The van der Waals surface area contributed by atoms with Crippen molar-refractivity contribution in [3.05, 3.63) is 54.0 Å². The largest absolute Gasteiger partial charge is 0.489 e. The molecule has 3 N–H and O–H groups in total. The van der Waals surface area contributed by atoms with Gasteiger partial charge < -0.3 is 24.9 Å². The molecule has 2 atom stereocenters. The second kappa shape index (κ2) is 11.2. The van der Waals surface area contributed by atoms with E-state index in [1.54, 1.807) is 25.3 Å². The summed E-state index contributed by atoms with van der Waals surface area (Å²) in [6.45, 7) is 9.21. The number of aliphatic imine (C=N–C) groups is 1. The molecule has 1 aromatic carbocycles. The van der Waals surface area contributed by atoms with Gasteiger partial charge in [0.1, 0.15) is 23.2 Å². The van der Waals surface area contributed by atoms with E-state index in [1.807, 2.05) is 45.0 Å². The molecule has 0 amide bonds. The molecule has 6 nitrogen and oxygen atoms in total. The summed E-state index contributed by atoms with van der Waals surface area (Å²) < 4.78 is 11.2. The first-order valence-corrected chi connectivity index (χ1v) is 8.92. The molecule has 0 aliphatic carbocycles. The zero-order chi connectivity index (χ0) is 19.0. The molecule has 2 unspecified atom stereocenters. The number of furan rings is 1. The first-order chi connectivity index (χ1) is 12.4. The Hall–Kier alpha value is -1.74. The maximum Gasteiger partial charge on any atom is 0.191 e. The van der Waals surface area contributed by atoms with Crippen LogP contribution in [0.4, 0.5) is 0 Å². The Bertz CT molecular complexity index is 685. The quantitative estimate of drug-likeness (QED) is 0.302. The molecule has 150 valence electrons. The van der Waals surface area contributed by atoms with E-state index in [0.29, 0.717) is 18.3 Å². The maximum atomic E-state index is 10.5. The summed E-state index contributed by atoms with van der Waals surface area (Å²) in [5, 5.41) is 16.9. The Morgan fingerprint density at radius 3 is 2.56 bits per heavy atom. The van der Waals surface area contributed by atoms with Gasteiger partial charge in [-0.2, -0.15) is 0 Å². The SMILES string of the molecule is CCNC(=NCC(C)(O)c1ccco1)NCC(C)Oc1ccc(C)cc1.I. The Kier molecular flexibility index (Phi) is 9.65. The molecule has 2 rings (SSSR count). The minimum atomic E-state index is -1.16. The van der Waals surface area contributed by atoms with Gasteiger partial charge in [0, 0.05) is 6.54 Å². The molecule has 1 heterocycles. The van der Waals surface area contributed by atoms with Gasteiger partial charge in [-0.25, -0.2) is 4.99 Å². The molecular formula is C20H30IN3O3. The first kappa shape index (κ1) is 23.3. The van der Waals surface area contributed by atoms with Crippen LogP contribution in [0.1, 0.15) is 32.1 Å². The van der Waals surface area contributed by atoms with Crippen LogP contribution in [0, 0.1) is 6.92 Å². The smallest absolute Gasteiger partial charge is 0.191 e. The molecule has 0 fully saturated rings. The fourth-order valence-corrected chi connectivity index (χ4v) is 2.37. The number of hydrogen-bond acceptors (Lipinski definition) is 4. The zero-order valence-corrected chi connectivity index (χ0v) is 18.7. The van der Waals surface area contributed by atoms with Crippen molar-refractivity contribution in [2.75, 3.05) is 19.6 Å². The van der Waals surface area contributed by atoms with Crippen LogP contribution in [0.25, 0.3) is 0 Å². The van der Waals surface area contributed by atoms with Gasteiger partial charge in [0.25, 0.3) is 0 Å². The van der Waals surface area contributed by atoms with Gasteiger partial charge in [-0.1, -0.05) is 17.7 Å². The Balaban J connectivity index is 0.00000364. The number of aryl methyl sites for hydroxylation is 1. The molecular weight excluding hydrogens is 457 g/mol. The highest BCUT2D eigenvalue weighted by molar-refractivity contribution is 14.0. The van der Waals surface area contributed by atoms with E-state index in [9.17, 15) is 5.11 Å². The van der Waals surface area contributed by atoms with Crippen LogP contribution in [-0.2, 0) is 5.60 Å². The number of halogens is 1. The highest BCUT2D eigenvalue weighted by atomic mass is 127. The predicted octanol–water partition coefficient (Wildman–Crippen LogP) is 3.44. The first-order valence-electron chi connectivity index (χ1n) is 8.92. The van der Waals surface area contributed by atoms with Crippen LogP contribution in [0.15, 0.2) is 52.1 Å². The highest BCUT2D eigenvalue weighted by Gasteiger charge is 2.26. The molecule has 0 spiro atoms. The molecule has 2 aromatic rings. The topological polar surface area (TPSA) is 79.0 Å². The average molecular weight is 487 g/mol. The fraction of sp³-hybridized carbons (Fsp3) is 0.450. The third kappa shape index (κ3) is 7.80. The predicted molar refractivity (Wildman–Crippen MR) is 119 cm³/mol. The molecule has 0 bridgehead atoms. The molecule has 0 saturated carbocycles. The van der Waals surface area contributed by atoms with Crippen LogP contribution < -0.4 is 15.4 Å². The number of benzene rings is 1. The summed E-state index contributed by atoms with van der Waals surface area (Å²) in [5.74, 6) is 1.96. The van der Waals surface area contributed by atoms with E-state index < -0.39 is 5.60 Å². The second-order valence-electron chi connectivity index (χ2n) is 6.57. The van der Waals surface area contributed by atoms with E-state index in [-0.39, 0.29) is 36.6 Å². The lowest BCUT2D eigenvalue weighted by molar-refractivity contribution is 0.0437. The van der Waals surface area contributed by atoms with E-state index in [0.717, 1.165) is 12.3 Å². The van der Waals surface area contributed by atoms with Crippen molar-refractivity contribution >= 4 is 29.9 Å². The number of aliphatic hydroxyl groups is 1. The fourth-order valence-electron chi connectivity index (χ4n) is 2.37. The van der Waals surface area contributed by atoms with Crippen molar-refractivity contribution in [2.24, 2.45) is 4.99 Å². The summed E-state index contributed by atoms with van der Waals surface area (Å²) >= 11 is 0. The zero-order valence-electron chi connectivity index (χ0n) is 16.4. The third-order valence-electron chi connectivity index (χ3n) is 3.86. The van der Waals surface area contributed by atoms with Crippen LogP contribution in [0.5, 0.6) is 5.75 Å². The molecule has 7 heteroatoms. The number of guanidine groups is 1. The Morgan fingerprint density at radius 1 is 1.26 bits per heavy atom. The number of hydrogen-bond donors (Lipinski definition) is 3. The summed E-state index contributed by atoms with van der Waals surface area (Å²) in [6, 6.07) is 11.5. The Morgan fingerprint density at radius 2 is 1.96 bits per heavy atom. The van der Waals surface area contributed by atoms with Gasteiger partial charge in [0.05, 0.1) is 19.4 Å². The highest BCUT2D eigenvalue weighted by Crippen LogP contribution is 2.21. The van der Waals surface area contributed by atoms with E-state index in [4.69, 9.17) is 9.15 Å². The van der Waals surface area contributed by atoms with Gasteiger partial charge in [-0.3, -0.25) is 0 Å². The number of rotatable bonds is 8. The number of nitrogens with one attached hydrogen (secondary N) is 2. The monoisotopic (exact) mass is 487 g/mol. The van der Waals surface area contributed by atoms with Crippen LogP contribution >= 0.6 is 24.0 Å². The lowest BCUT2D eigenvalue weighted by Gasteiger charge is -2.21. The second-order valence-corrected chi connectivity index (χ2v) is 6.57. The van der Waals surface area contributed by atoms with E-state index >= 15 is 0 Å². The maximum absolute atomic E-state index is 10.5. The van der Waals surface area contributed by atoms with E-state index in [1.165, 1.54) is 5.56 Å². The average Bonchev–Trinajstić information content (AvgIpc) is 3.15. The Labute approximate surface area is 178 Å². The van der Waals surface area contributed by atoms with Gasteiger partial charge in [0.2, 0.25) is 0 Å². The van der Waals surface area contributed by atoms with E-state index in [2.05, 4.69) is 15.6 Å². The molecule has 27 heavy (non-hydrogen) atoms. The molecule has 0 saturated heterocycles. The van der Waals surface area contributed by atoms with Crippen molar-refractivity contribution in [3.63, 3.8) is 0 Å². The lowest BCUT2D eigenvalue weighted by atomic mass is 10.0. The number of ether oxygens (including phenoxy) is 1. The molecule has 0 aliphatic heterocycles. The number of nitrogens with zero attached hydrogens (tertiary/aromatic N) is 1.